The second-order valence-electron chi connectivity index (χ2n) is 3.02. The van der Waals surface area contributed by atoms with Gasteiger partial charge in [0.15, 0.2) is 0 Å². The van der Waals surface area contributed by atoms with E-state index < -0.39 is 4.92 Å². The van der Waals surface area contributed by atoms with Gasteiger partial charge in [0, 0.05) is 17.7 Å². The van der Waals surface area contributed by atoms with Crippen LogP contribution in [0.25, 0.3) is 0 Å². The summed E-state index contributed by atoms with van der Waals surface area (Å²) in [6.07, 6.45) is 0.796. The van der Waals surface area contributed by atoms with Gasteiger partial charge < -0.3 is 4.74 Å². The number of hydrogen-bond acceptors (Lipinski definition) is 4. The van der Waals surface area contributed by atoms with E-state index >= 15 is 0 Å². The van der Waals surface area contributed by atoms with Crippen molar-refractivity contribution in [3.8, 4) is 5.75 Å². The number of nitro benzene ring substituents is 1. The number of nitro groups is 1. The van der Waals surface area contributed by atoms with Gasteiger partial charge in [-0.1, -0.05) is 0 Å². The van der Waals surface area contributed by atoms with Gasteiger partial charge >= 0.3 is 5.97 Å². The highest BCUT2D eigenvalue weighted by Gasteiger charge is 2.19. The molecule has 0 atom stereocenters. The van der Waals surface area contributed by atoms with E-state index in [1.165, 1.54) is 18.2 Å². The highest BCUT2D eigenvalue weighted by molar-refractivity contribution is 5.75. The lowest BCUT2D eigenvalue weighted by atomic mass is 10.1. The number of ether oxygens (including phenoxy) is 1. The number of carbonyl (C=O) groups excluding carboxylic acids is 1. The van der Waals surface area contributed by atoms with Crippen molar-refractivity contribution in [2.45, 2.75) is 12.8 Å². The molecule has 1 heterocycles. The van der Waals surface area contributed by atoms with Crippen molar-refractivity contribution in [2.24, 2.45) is 0 Å². The number of aryl methyl sites for hydroxylation is 1. The molecular formula is C9H7NO4. The van der Waals surface area contributed by atoms with Crippen molar-refractivity contribution in [1.82, 2.24) is 0 Å². The van der Waals surface area contributed by atoms with E-state index in [2.05, 4.69) is 0 Å². The number of benzene rings is 1. The fourth-order valence-electron chi connectivity index (χ4n) is 1.38. The smallest absolute Gasteiger partial charge is 0.311 e. The van der Waals surface area contributed by atoms with Crippen molar-refractivity contribution >= 4 is 11.7 Å². The standard InChI is InChI=1S/C9H7NO4/c11-9-4-1-6-5-7(10(12)13)2-3-8(6)14-9/h2-3,5H,1,4H2. The molecule has 0 fully saturated rings. The predicted molar refractivity (Wildman–Crippen MR) is 47.1 cm³/mol. The number of non-ortho nitro benzene ring substituents is 1. The Morgan fingerprint density at radius 3 is 2.86 bits per heavy atom. The fourth-order valence-corrected chi connectivity index (χ4v) is 1.38. The Balaban J connectivity index is 2.41. The molecule has 5 nitrogen and oxygen atoms in total. The van der Waals surface area contributed by atoms with Gasteiger partial charge in [0.1, 0.15) is 5.75 Å². The zero-order chi connectivity index (χ0) is 10.1. The maximum Gasteiger partial charge on any atom is 0.311 e. The van der Waals surface area contributed by atoms with Crippen molar-refractivity contribution < 1.29 is 14.5 Å². The molecule has 2 rings (SSSR count). The summed E-state index contributed by atoms with van der Waals surface area (Å²) < 4.78 is 4.91. The van der Waals surface area contributed by atoms with Crippen LogP contribution < -0.4 is 4.74 Å². The van der Waals surface area contributed by atoms with Crippen molar-refractivity contribution in [2.75, 3.05) is 0 Å². The van der Waals surface area contributed by atoms with Crippen molar-refractivity contribution in [3.63, 3.8) is 0 Å². The van der Waals surface area contributed by atoms with Gasteiger partial charge in [-0.25, -0.2) is 0 Å². The average molecular weight is 193 g/mol. The zero-order valence-corrected chi connectivity index (χ0v) is 7.23. The van der Waals surface area contributed by atoms with Gasteiger partial charge in [-0.05, 0) is 12.5 Å². The van der Waals surface area contributed by atoms with E-state index in [1.54, 1.807) is 0 Å². The van der Waals surface area contributed by atoms with Gasteiger partial charge in [0.05, 0.1) is 11.3 Å². The Kier molecular flexibility index (Phi) is 1.92. The number of carbonyl (C=O) groups is 1. The van der Waals surface area contributed by atoms with Crippen LogP contribution in [0, 0.1) is 10.1 Å². The van der Waals surface area contributed by atoms with E-state index in [0.717, 1.165) is 5.56 Å². The maximum absolute atomic E-state index is 10.9. The Labute approximate surface area is 79.4 Å². The first-order valence-corrected chi connectivity index (χ1v) is 4.15. The van der Waals surface area contributed by atoms with Gasteiger partial charge in [-0.2, -0.15) is 0 Å². The average Bonchev–Trinajstić information content (AvgIpc) is 2.16. The van der Waals surface area contributed by atoms with E-state index in [0.29, 0.717) is 12.2 Å². The molecule has 0 radical (unpaired) electrons. The van der Waals surface area contributed by atoms with Crippen LogP contribution in [-0.4, -0.2) is 10.9 Å². The Hall–Kier alpha value is -1.91. The highest BCUT2D eigenvalue weighted by atomic mass is 16.6. The van der Waals surface area contributed by atoms with Gasteiger partial charge in [-0.15, -0.1) is 0 Å². The summed E-state index contributed by atoms with van der Waals surface area (Å²) in [6, 6.07) is 4.24. The molecular weight excluding hydrogens is 186 g/mol. The third-order valence-corrected chi connectivity index (χ3v) is 2.08. The van der Waals surface area contributed by atoms with Crippen molar-refractivity contribution in [1.29, 1.82) is 0 Å². The lowest BCUT2D eigenvalue weighted by molar-refractivity contribution is -0.384. The molecule has 14 heavy (non-hydrogen) atoms. The maximum atomic E-state index is 10.9. The first-order valence-electron chi connectivity index (χ1n) is 4.15. The van der Waals surface area contributed by atoms with Gasteiger partial charge in [0.25, 0.3) is 5.69 Å². The molecule has 1 aromatic carbocycles. The van der Waals surface area contributed by atoms with Crippen LogP contribution in [0.5, 0.6) is 5.75 Å². The predicted octanol–water partition coefficient (Wildman–Crippen LogP) is 1.45. The molecule has 0 spiro atoms. The molecule has 0 bridgehead atoms. The molecule has 0 aliphatic carbocycles. The van der Waals surface area contributed by atoms with Crippen LogP contribution in [-0.2, 0) is 11.2 Å². The largest absolute Gasteiger partial charge is 0.426 e. The molecule has 1 aromatic rings. The molecule has 0 saturated carbocycles. The minimum atomic E-state index is -0.462. The summed E-state index contributed by atoms with van der Waals surface area (Å²) in [5.41, 5.74) is 0.750. The number of rotatable bonds is 1. The molecule has 0 saturated heterocycles. The third kappa shape index (κ3) is 1.44. The van der Waals surface area contributed by atoms with Gasteiger partial charge in [0.2, 0.25) is 0 Å². The Bertz CT molecular complexity index is 413. The summed E-state index contributed by atoms with van der Waals surface area (Å²) in [5.74, 6) is 0.151. The molecule has 0 aromatic heterocycles. The van der Waals surface area contributed by atoms with E-state index in [-0.39, 0.29) is 18.1 Å². The third-order valence-electron chi connectivity index (χ3n) is 2.08. The first kappa shape index (κ1) is 8.68. The summed E-state index contributed by atoms with van der Waals surface area (Å²) in [5, 5.41) is 10.4. The molecule has 5 heteroatoms. The fraction of sp³-hybridized carbons (Fsp3) is 0.222. The molecule has 72 valence electrons. The molecule has 1 aliphatic rings. The number of fused-ring (bicyclic) bond motifs is 1. The Morgan fingerprint density at radius 2 is 2.14 bits per heavy atom. The Morgan fingerprint density at radius 1 is 1.36 bits per heavy atom. The molecule has 0 unspecified atom stereocenters. The molecule has 0 amide bonds. The van der Waals surface area contributed by atoms with Crippen LogP contribution in [0.1, 0.15) is 12.0 Å². The summed E-state index contributed by atoms with van der Waals surface area (Å²) in [6.45, 7) is 0. The van der Waals surface area contributed by atoms with E-state index in [4.69, 9.17) is 4.74 Å². The molecule has 0 N–H and O–H groups in total. The van der Waals surface area contributed by atoms with Crippen LogP contribution in [0.15, 0.2) is 18.2 Å². The summed E-state index contributed by atoms with van der Waals surface area (Å²) >= 11 is 0. The lowest BCUT2D eigenvalue weighted by Crippen LogP contribution is -2.15. The van der Waals surface area contributed by atoms with E-state index in [9.17, 15) is 14.9 Å². The summed E-state index contributed by atoms with van der Waals surface area (Å²) in [4.78, 5) is 20.9. The van der Waals surface area contributed by atoms with Crippen LogP contribution >= 0.6 is 0 Å². The SMILES string of the molecule is O=C1CCc2cc([N+](=O)[O-])ccc2O1. The number of nitrogens with zero attached hydrogens (tertiary/aromatic N) is 1. The quantitative estimate of drug-likeness (QED) is 0.293. The number of esters is 1. The summed E-state index contributed by atoms with van der Waals surface area (Å²) in [7, 11) is 0. The van der Waals surface area contributed by atoms with E-state index in [1.807, 2.05) is 0 Å². The minimum Gasteiger partial charge on any atom is -0.426 e. The van der Waals surface area contributed by atoms with Crippen LogP contribution in [0.3, 0.4) is 0 Å². The molecule has 1 aliphatic heterocycles. The van der Waals surface area contributed by atoms with Crippen molar-refractivity contribution in [3.05, 3.63) is 33.9 Å². The number of hydrogen-bond donors (Lipinski definition) is 0. The van der Waals surface area contributed by atoms with Gasteiger partial charge in [-0.3, -0.25) is 14.9 Å². The zero-order valence-electron chi connectivity index (χ0n) is 7.23. The lowest BCUT2D eigenvalue weighted by Gasteiger charge is -2.14. The second-order valence-corrected chi connectivity index (χ2v) is 3.02. The normalized spacial score (nSPS) is 14.4. The van der Waals surface area contributed by atoms with Crippen LogP contribution in [0.2, 0.25) is 0 Å². The first-order chi connectivity index (χ1) is 6.66. The highest BCUT2D eigenvalue weighted by Crippen LogP contribution is 2.28. The topological polar surface area (TPSA) is 69.4 Å². The monoisotopic (exact) mass is 193 g/mol. The minimum absolute atomic E-state index is 0.0294. The van der Waals surface area contributed by atoms with Crippen LogP contribution in [0.4, 0.5) is 5.69 Å². The second kappa shape index (κ2) is 3.10.